The summed E-state index contributed by atoms with van der Waals surface area (Å²) in [7, 11) is 1.73. The van der Waals surface area contributed by atoms with Crippen LogP contribution in [0.15, 0.2) is 12.1 Å². The van der Waals surface area contributed by atoms with Crippen LogP contribution in [-0.2, 0) is 11.8 Å². The van der Waals surface area contributed by atoms with Gasteiger partial charge in [0.2, 0.25) is 0 Å². The lowest BCUT2D eigenvalue weighted by atomic mass is 9.84. The molecule has 90 valence electrons. The van der Waals surface area contributed by atoms with Crippen molar-refractivity contribution >= 4 is 0 Å². The summed E-state index contributed by atoms with van der Waals surface area (Å²) in [5.41, 5.74) is 9.57. The lowest BCUT2D eigenvalue weighted by molar-refractivity contribution is 0.397. The lowest BCUT2D eigenvalue weighted by Crippen LogP contribution is -2.15. The van der Waals surface area contributed by atoms with Crippen molar-refractivity contribution in [2.75, 3.05) is 13.7 Å². The number of ether oxygens (including phenoxy) is 1. The summed E-state index contributed by atoms with van der Waals surface area (Å²) in [4.78, 5) is 0. The van der Waals surface area contributed by atoms with Crippen molar-refractivity contribution in [2.24, 2.45) is 5.73 Å². The van der Waals surface area contributed by atoms with E-state index in [0.29, 0.717) is 6.54 Å². The highest BCUT2D eigenvalue weighted by atomic mass is 16.5. The van der Waals surface area contributed by atoms with E-state index >= 15 is 0 Å². The molecule has 0 saturated carbocycles. The van der Waals surface area contributed by atoms with Crippen LogP contribution >= 0.6 is 0 Å². The highest BCUT2D eigenvalue weighted by molar-refractivity contribution is 5.45. The van der Waals surface area contributed by atoms with Crippen LogP contribution in [-0.4, -0.2) is 13.7 Å². The summed E-state index contributed by atoms with van der Waals surface area (Å²) in [5, 5.41) is 0. The minimum Gasteiger partial charge on any atom is -0.496 e. The average Bonchev–Trinajstić information content (AvgIpc) is 2.19. The lowest BCUT2D eigenvalue weighted by Gasteiger charge is -2.24. The number of hydrogen-bond acceptors (Lipinski definition) is 2. The molecule has 0 aliphatic heterocycles. The Morgan fingerprint density at radius 2 is 1.88 bits per heavy atom. The van der Waals surface area contributed by atoms with E-state index in [9.17, 15) is 0 Å². The van der Waals surface area contributed by atoms with Gasteiger partial charge in [0.1, 0.15) is 5.75 Å². The third-order valence-corrected chi connectivity index (χ3v) is 2.88. The van der Waals surface area contributed by atoms with E-state index < -0.39 is 0 Å². The normalized spacial score (nSPS) is 11.6. The first kappa shape index (κ1) is 13.0. The fourth-order valence-corrected chi connectivity index (χ4v) is 1.91. The van der Waals surface area contributed by atoms with E-state index in [1.54, 1.807) is 7.11 Å². The van der Waals surface area contributed by atoms with Gasteiger partial charge in [0.05, 0.1) is 7.11 Å². The molecular weight excluding hydrogens is 198 g/mol. The molecule has 1 aromatic rings. The van der Waals surface area contributed by atoms with E-state index in [4.69, 9.17) is 10.5 Å². The van der Waals surface area contributed by atoms with Crippen molar-refractivity contribution in [2.45, 2.75) is 39.5 Å². The fourth-order valence-electron chi connectivity index (χ4n) is 1.91. The standard InChI is InChI=1S/C14H23NO/c1-10-8-13(16-5)12(14(2,3)4)9-11(10)6-7-15/h8-9H,6-7,15H2,1-5H3. The maximum Gasteiger partial charge on any atom is 0.122 e. The van der Waals surface area contributed by atoms with Crippen molar-refractivity contribution in [1.29, 1.82) is 0 Å². The van der Waals surface area contributed by atoms with Crippen LogP contribution in [0.25, 0.3) is 0 Å². The Balaban J connectivity index is 3.29. The maximum atomic E-state index is 5.63. The average molecular weight is 221 g/mol. The first-order valence-corrected chi connectivity index (χ1v) is 5.78. The summed E-state index contributed by atoms with van der Waals surface area (Å²) < 4.78 is 5.45. The van der Waals surface area contributed by atoms with Gasteiger partial charge in [-0.3, -0.25) is 0 Å². The zero-order chi connectivity index (χ0) is 12.3. The highest BCUT2D eigenvalue weighted by Gasteiger charge is 2.20. The molecule has 0 unspecified atom stereocenters. The zero-order valence-electron chi connectivity index (χ0n) is 11.1. The van der Waals surface area contributed by atoms with Crippen LogP contribution in [0.1, 0.15) is 37.5 Å². The molecule has 2 nitrogen and oxygen atoms in total. The van der Waals surface area contributed by atoms with Gasteiger partial charge in [-0.05, 0) is 48.1 Å². The minimum atomic E-state index is 0.0996. The van der Waals surface area contributed by atoms with Gasteiger partial charge in [-0.2, -0.15) is 0 Å². The van der Waals surface area contributed by atoms with Gasteiger partial charge in [0.15, 0.2) is 0 Å². The Bertz CT molecular complexity index is 364. The first-order chi connectivity index (χ1) is 7.40. The summed E-state index contributed by atoms with van der Waals surface area (Å²) in [6.45, 7) is 9.40. The topological polar surface area (TPSA) is 35.2 Å². The third-order valence-electron chi connectivity index (χ3n) is 2.88. The summed E-state index contributed by atoms with van der Waals surface area (Å²) >= 11 is 0. The van der Waals surface area contributed by atoms with Crippen LogP contribution in [0, 0.1) is 6.92 Å². The van der Waals surface area contributed by atoms with Crippen molar-refractivity contribution in [1.82, 2.24) is 0 Å². The second-order valence-electron chi connectivity index (χ2n) is 5.27. The molecule has 2 N–H and O–H groups in total. The molecule has 0 bridgehead atoms. The van der Waals surface area contributed by atoms with Crippen molar-refractivity contribution in [3.8, 4) is 5.75 Å². The molecule has 1 aromatic carbocycles. The molecule has 2 heteroatoms. The molecule has 0 atom stereocenters. The number of benzene rings is 1. The molecular formula is C14H23NO. The maximum absolute atomic E-state index is 5.63. The van der Waals surface area contributed by atoms with Crippen molar-refractivity contribution < 1.29 is 4.74 Å². The minimum absolute atomic E-state index is 0.0996. The molecule has 0 aliphatic carbocycles. The van der Waals surface area contributed by atoms with Crippen LogP contribution in [0.4, 0.5) is 0 Å². The molecule has 0 spiro atoms. The molecule has 0 aliphatic rings. The summed E-state index contributed by atoms with van der Waals surface area (Å²) in [6.07, 6.45) is 0.929. The number of aryl methyl sites for hydroxylation is 1. The molecule has 0 fully saturated rings. The Morgan fingerprint density at radius 3 is 2.31 bits per heavy atom. The fraction of sp³-hybridized carbons (Fsp3) is 0.571. The predicted octanol–water partition coefficient (Wildman–Crippen LogP) is 2.80. The zero-order valence-corrected chi connectivity index (χ0v) is 11.1. The highest BCUT2D eigenvalue weighted by Crippen LogP contribution is 2.33. The van der Waals surface area contributed by atoms with Crippen LogP contribution in [0.2, 0.25) is 0 Å². The van der Waals surface area contributed by atoms with Gasteiger partial charge >= 0.3 is 0 Å². The van der Waals surface area contributed by atoms with Gasteiger partial charge in [-0.15, -0.1) is 0 Å². The third kappa shape index (κ3) is 2.76. The number of nitrogens with two attached hydrogens (primary N) is 1. The van der Waals surface area contributed by atoms with Crippen molar-refractivity contribution in [3.63, 3.8) is 0 Å². The second-order valence-corrected chi connectivity index (χ2v) is 5.27. The van der Waals surface area contributed by atoms with E-state index in [2.05, 4.69) is 39.8 Å². The van der Waals surface area contributed by atoms with Gasteiger partial charge in [-0.25, -0.2) is 0 Å². The molecule has 0 heterocycles. The van der Waals surface area contributed by atoms with Gasteiger partial charge in [0.25, 0.3) is 0 Å². The monoisotopic (exact) mass is 221 g/mol. The van der Waals surface area contributed by atoms with Gasteiger partial charge in [-0.1, -0.05) is 26.8 Å². The second kappa shape index (κ2) is 4.88. The SMILES string of the molecule is COc1cc(C)c(CCN)cc1C(C)(C)C. The van der Waals surface area contributed by atoms with Crippen LogP contribution < -0.4 is 10.5 Å². The van der Waals surface area contributed by atoms with E-state index in [1.165, 1.54) is 16.7 Å². The van der Waals surface area contributed by atoms with Crippen LogP contribution in [0.3, 0.4) is 0 Å². The van der Waals surface area contributed by atoms with E-state index in [0.717, 1.165) is 12.2 Å². The number of hydrogen-bond donors (Lipinski definition) is 1. The number of rotatable bonds is 3. The predicted molar refractivity (Wildman–Crippen MR) is 69.2 cm³/mol. The summed E-state index contributed by atoms with van der Waals surface area (Å²) in [6, 6.07) is 4.35. The Hall–Kier alpha value is -1.02. The van der Waals surface area contributed by atoms with Crippen molar-refractivity contribution in [3.05, 3.63) is 28.8 Å². The van der Waals surface area contributed by atoms with E-state index in [1.807, 2.05) is 0 Å². The Labute approximate surface area is 98.8 Å². The molecule has 0 aromatic heterocycles. The molecule has 0 amide bonds. The Kier molecular flexibility index (Phi) is 3.98. The molecule has 1 rings (SSSR count). The smallest absolute Gasteiger partial charge is 0.122 e. The molecule has 0 radical (unpaired) electrons. The largest absolute Gasteiger partial charge is 0.496 e. The Morgan fingerprint density at radius 1 is 1.25 bits per heavy atom. The first-order valence-electron chi connectivity index (χ1n) is 5.78. The number of methoxy groups -OCH3 is 1. The van der Waals surface area contributed by atoms with Gasteiger partial charge < -0.3 is 10.5 Å². The summed E-state index contributed by atoms with van der Waals surface area (Å²) in [5.74, 6) is 0.978. The molecule has 0 saturated heterocycles. The quantitative estimate of drug-likeness (QED) is 0.852. The van der Waals surface area contributed by atoms with Gasteiger partial charge in [0, 0.05) is 0 Å². The van der Waals surface area contributed by atoms with Crippen LogP contribution in [0.5, 0.6) is 5.75 Å². The van der Waals surface area contributed by atoms with E-state index in [-0.39, 0.29) is 5.41 Å². The molecule has 16 heavy (non-hydrogen) atoms.